The standard InChI is InChI=1S/C19H23N3O7S2/c1-20-19(23)17-13-16(7-8-18(17)28-2)30(24,25)21-14-3-5-15(6-4-14)31(26,27)22-9-11-29-12-10-22/h3-8,13,21H,9-12H2,1-2H3,(H,20,23). The lowest BCUT2D eigenvalue weighted by atomic mass is 10.2. The molecule has 0 atom stereocenters. The van der Waals surface area contributed by atoms with Gasteiger partial charge in [-0.25, -0.2) is 16.8 Å². The minimum absolute atomic E-state index is 0.0590. The van der Waals surface area contributed by atoms with Gasteiger partial charge in [-0.2, -0.15) is 4.31 Å². The van der Waals surface area contributed by atoms with Crippen LogP contribution >= 0.6 is 0 Å². The van der Waals surface area contributed by atoms with E-state index in [4.69, 9.17) is 9.47 Å². The summed E-state index contributed by atoms with van der Waals surface area (Å²) in [4.78, 5) is 11.9. The molecule has 2 aromatic carbocycles. The van der Waals surface area contributed by atoms with Gasteiger partial charge in [0.1, 0.15) is 5.75 Å². The molecule has 1 aliphatic rings. The molecule has 1 heterocycles. The quantitative estimate of drug-likeness (QED) is 0.615. The van der Waals surface area contributed by atoms with Crippen molar-refractivity contribution in [3.63, 3.8) is 0 Å². The second-order valence-corrected chi connectivity index (χ2v) is 10.2. The third kappa shape index (κ3) is 4.98. The predicted molar refractivity (Wildman–Crippen MR) is 113 cm³/mol. The molecule has 168 valence electrons. The predicted octanol–water partition coefficient (Wildman–Crippen LogP) is 0.877. The molecule has 2 N–H and O–H groups in total. The molecular weight excluding hydrogens is 446 g/mol. The summed E-state index contributed by atoms with van der Waals surface area (Å²) in [6, 6.07) is 9.32. The van der Waals surface area contributed by atoms with Crippen LogP contribution in [0.15, 0.2) is 52.3 Å². The first-order valence-electron chi connectivity index (χ1n) is 9.30. The van der Waals surface area contributed by atoms with Crippen LogP contribution in [-0.2, 0) is 24.8 Å². The molecule has 0 radical (unpaired) electrons. The summed E-state index contributed by atoms with van der Waals surface area (Å²) >= 11 is 0. The average molecular weight is 470 g/mol. The van der Waals surface area contributed by atoms with Crippen LogP contribution in [0.25, 0.3) is 0 Å². The van der Waals surface area contributed by atoms with Gasteiger partial charge in [0.2, 0.25) is 10.0 Å². The van der Waals surface area contributed by atoms with E-state index in [1.807, 2.05) is 0 Å². The molecule has 0 unspecified atom stereocenters. The van der Waals surface area contributed by atoms with Gasteiger partial charge in [-0.15, -0.1) is 0 Å². The van der Waals surface area contributed by atoms with E-state index in [1.165, 1.54) is 60.9 Å². The van der Waals surface area contributed by atoms with Crippen molar-refractivity contribution in [1.29, 1.82) is 0 Å². The highest BCUT2D eigenvalue weighted by molar-refractivity contribution is 7.92. The first-order valence-corrected chi connectivity index (χ1v) is 12.2. The van der Waals surface area contributed by atoms with E-state index in [1.54, 1.807) is 0 Å². The van der Waals surface area contributed by atoms with Gasteiger partial charge < -0.3 is 14.8 Å². The molecule has 31 heavy (non-hydrogen) atoms. The molecule has 1 fully saturated rings. The average Bonchev–Trinajstić information content (AvgIpc) is 2.78. The van der Waals surface area contributed by atoms with E-state index in [0.29, 0.717) is 13.2 Å². The number of sulfonamides is 2. The molecule has 1 saturated heterocycles. The first-order chi connectivity index (χ1) is 14.7. The minimum Gasteiger partial charge on any atom is -0.496 e. The van der Waals surface area contributed by atoms with Crippen molar-refractivity contribution in [1.82, 2.24) is 9.62 Å². The van der Waals surface area contributed by atoms with Crippen molar-refractivity contribution in [2.45, 2.75) is 9.79 Å². The number of nitrogens with zero attached hydrogens (tertiary/aromatic N) is 1. The maximum Gasteiger partial charge on any atom is 0.261 e. The summed E-state index contributed by atoms with van der Waals surface area (Å²) in [5.41, 5.74) is 0.248. The van der Waals surface area contributed by atoms with Crippen LogP contribution in [0, 0.1) is 0 Å². The Labute approximate surface area is 181 Å². The maximum atomic E-state index is 12.8. The van der Waals surface area contributed by atoms with E-state index in [0.717, 1.165) is 0 Å². The SMILES string of the molecule is CNC(=O)c1cc(S(=O)(=O)Nc2ccc(S(=O)(=O)N3CCOCC3)cc2)ccc1OC. The van der Waals surface area contributed by atoms with Crippen LogP contribution in [-0.4, -0.2) is 67.5 Å². The van der Waals surface area contributed by atoms with E-state index in [9.17, 15) is 21.6 Å². The van der Waals surface area contributed by atoms with E-state index in [2.05, 4.69) is 10.0 Å². The van der Waals surface area contributed by atoms with Crippen molar-refractivity contribution in [2.24, 2.45) is 0 Å². The van der Waals surface area contributed by atoms with Gasteiger partial charge in [0, 0.05) is 25.8 Å². The lowest BCUT2D eigenvalue weighted by molar-refractivity contribution is 0.0730. The Hall–Kier alpha value is -2.67. The Kier molecular flexibility index (Phi) is 6.84. The number of rotatable bonds is 7. The van der Waals surface area contributed by atoms with Crippen LogP contribution < -0.4 is 14.8 Å². The Morgan fingerprint density at radius 2 is 1.61 bits per heavy atom. The first kappa shape index (κ1) is 23.0. The molecule has 0 aromatic heterocycles. The van der Waals surface area contributed by atoms with Gasteiger partial charge in [-0.05, 0) is 42.5 Å². The normalized spacial score (nSPS) is 15.3. The maximum absolute atomic E-state index is 12.8. The van der Waals surface area contributed by atoms with Crippen LogP contribution in [0.5, 0.6) is 5.75 Å². The summed E-state index contributed by atoms with van der Waals surface area (Å²) in [6.45, 7) is 1.19. The van der Waals surface area contributed by atoms with Crippen molar-refractivity contribution in [2.75, 3.05) is 45.2 Å². The smallest absolute Gasteiger partial charge is 0.261 e. The third-order valence-corrected chi connectivity index (χ3v) is 7.96. The molecular formula is C19H23N3O7S2. The summed E-state index contributed by atoms with van der Waals surface area (Å²) < 4.78 is 64.9. The van der Waals surface area contributed by atoms with E-state index in [-0.39, 0.29) is 39.9 Å². The Bertz CT molecular complexity index is 1160. The fourth-order valence-electron chi connectivity index (χ4n) is 3.01. The summed E-state index contributed by atoms with van der Waals surface area (Å²) in [6.07, 6.45) is 0. The molecule has 0 bridgehead atoms. The van der Waals surface area contributed by atoms with Gasteiger partial charge in [-0.1, -0.05) is 0 Å². The number of anilines is 1. The van der Waals surface area contributed by atoms with Crippen LogP contribution in [0.4, 0.5) is 5.69 Å². The zero-order chi connectivity index (χ0) is 22.6. The molecule has 3 rings (SSSR count). The van der Waals surface area contributed by atoms with Gasteiger partial charge in [0.05, 0.1) is 35.7 Å². The molecule has 1 aliphatic heterocycles. The Morgan fingerprint density at radius 3 is 2.19 bits per heavy atom. The minimum atomic E-state index is -4.03. The number of amides is 1. The number of ether oxygens (including phenoxy) is 2. The molecule has 1 amide bonds. The van der Waals surface area contributed by atoms with E-state index < -0.39 is 26.0 Å². The molecule has 2 aromatic rings. The van der Waals surface area contributed by atoms with Gasteiger partial charge in [0.15, 0.2) is 0 Å². The number of carbonyl (C=O) groups is 1. The third-order valence-electron chi connectivity index (χ3n) is 4.67. The van der Waals surface area contributed by atoms with Crippen LogP contribution in [0.2, 0.25) is 0 Å². The lowest BCUT2D eigenvalue weighted by Gasteiger charge is -2.26. The topological polar surface area (TPSA) is 131 Å². The second kappa shape index (κ2) is 9.22. The molecule has 0 saturated carbocycles. The number of morpholine rings is 1. The van der Waals surface area contributed by atoms with Crippen molar-refractivity contribution < 1.29 is 31.1 Å². The number of hydrogen-bond donors (Lipinski definition) is 2. The Balaban J connectivity index is 1.83. The van der Waals surface area contributed by atoms with Gasteiger partial charge in [-0.3, -0.25) is 9.52 Å². The largest absolute Gasteiger partial charge is 0.496 e. The lowest BCUT2D eigenvalue weighted by Crippen LogP contribution is -2.40. The zero-order valence-electron chi connectivity index (χ0n) is 17.0. The summed E-state index contributed by atoms with van der Waals surface area (Å²) in [7, 11) is -4.92. The number of methoxy groups -OCH3 is 1. The highest BCUT2D eigenvalue weighted by Crippen LogP contribution is 2.25. The van der Waals surface area contributed by atoms with Crippen molar-refractivity contribution >= 4 is 31.6 Å². The molecule has 0 aliphatic carbocycles. The summed E-state index contributed by atoms with van der Waals surface area (Å²) in [5, 5.41) is 2.43. The fourth-order valence-corrected chi connectivity index (χ4v) is 5.50. The van der Waals surface area contributed by atoms with Crippen molar-refractivity contribution in [3.05, 3.63) is 48.0 Å². The zero-order valence-corrected chi connectivity index (χ0v) is 18.6. The second-order valence-electron chi connectivity index (χ2n) is 6.59. The van der Waals surface area contributed by atoms with Crippen LogP contribution in [0.1, 0.15) is 10.4 Å². The molecule has 12 heteroatoms. The van der Waals surface area contributed by atoms with Gasteiger partial charge in [0.25, 0.3) is 15.9 Å². The van der Waals surface area contributed by atoms with E-state index >= 15 is 0 Å². The number of nitrogens with one attached hydrogen (secondary N) is 2. The highest BCUT2D eigenvalue weighted by atomic mass is 32.2. The summed E-state index contributed by atoms with van der Waals surface area (Å²) in [5.74, 6) is -0.262. The Morgan fingerprint density at radius 1 is 1.00 bits per heavy atom. The number of benzene rings is 2. The molecule has 0 spiro atoms. The fraction of sp³-hybridized carbons (Fsp3) is 0.316. The van der Waals surface area contributed by atoms with Crippen LogP contribution in [0.3, 0.4) is 0 Å². The molecule has 10 nitrogen and oxygen atoms in total. The number of carbonyl (C=O) groups excluding carboxylic acids is 1. The number of hydrogen-bond acceptors (Lipinski definition) is 7. The monoisotopic (exact) mass is 469 g/mol. The highest BCUT2D eigenvalue weighted by Gasteiger charge is 2.26. The van der Waals surface area contributed by atoms with Crippen molar-refractivity contribution in [3.8, 4) is 5.75 Å². The van der Waals surface area contributed by atoms with Gasteiger partial charge >= 0.3 is 0 Å².